The minimum atomic E-state index is 1.23. The monoisotopic (exact) mass is 556 g/mol. The van der Waals surface area contributed by atoms with Crippen LogP contribution in [0.2, 0.25) is 0 Å². The highest BCUT2D eigenvalue weighted by Gasteiger charge is 2.18. The summed E-state index contributed by atoms with van der Waals surface area (Å²) in [6, 6.07) is 62.3. The molecule has 0 nitrogen and oxygen atoms in total. The lowest BCUT2D eigenvalue weighted by Gasteiger charge is -2.19. The lowest BCUT2D eigenvalue weighted by atomic mass is 9.84. The number of hydrogen-bond acceptors (Lipinski definition) is 0. The number of benzene rings is 9. The lowest BCUT2D eigenvalue weighted by Crippen LogP contribution is -1.92. The molecule has 0 aliphatic heterocycles. The molecule has 0 aliphatic rings. The smallest absolute Gasteiger partial charge is 0.00255 e. The van der Waals surface area contributed by atoms with Crippen LogP contribution in [0.3, 0.4) is 0 Å². The highest BCUT2D eigenvalue weighted by molar-refractivity contribution is 6.35. The van der Waals surface area contributed by atoms with Gasteiger partial charge in [0, 0.05) is 0 Å². The van der Waals surface area contributed by atoms with E-state index in [9.17, 15) is 0 Å². The maximum absolute atomic E-state index is 2.42. The zero-order valence-corrected chi connectivity index (χ0v) is 24.2. The summed E-state index contributed by atoms with van der Waals surface area (Å²) in [5.41, 5.74) is 9.91. The summed E-state index contributed by atoms with van der Waals surface area (Å²) >= 11 is 0. The Morgan fingerprint density at radius 1 is 0.205 bits per heavy atom. The number of fused-ring (bicyclic) bond motifs is 2. The molecule has 0 fully saturated rings. The van der Waals surface area contributed by atoms with E-state index in [1.54, 1.807) is 0 Å². The molecular weight excluding hydrogens is 528 g/mol. The summed E-state index contributed by atoms with van der Waals surface area (Å²) in [5.74, 6) is 0. The third-order valence-corrected chi connectivity index (χ3v) is 9.11. The van der Waals surface area contributed by atoms with Crippen molar-refractivity contribution >= 4 is 43.1 Å². The second-order valence-electron chi connectivity index (χ2n) is 11.8. The summed E-state index contributed by atoms with van der Waals surface area (Å²) in [4.78, 5) is 0. The van der Waals surface area contributed by atoms with Gasteiger partial charge >= 0.3 is 0 Å². The van der Waals surface area contributed by atoms with E-state index in [-0.39, 0.29) is 0 Å². The Bertz CT molecular complexity index is 2100. The first-order valence-corrected chi connectivity index (χ1v) is 15.3. The molecule has 0 aliphatic carbocycles. The molecule has 204 valence electrons. The van der Waals surface area contributed by atoms with E-state index in [2.05, 4.69) is 170 Å². The van der Waals surface area contributed by atoms with Crippen molar-refractivity contribution in [3.8, 4) is 44.5 Å². The van der Waals surface area contributed by atoms with Crippen molar-refractivity contribution in [2.75, 3.05) is 0 Å². The molecule has 0 heterocycles. The Kier molecular flexibility index (Phi) is 5.61. The molecule has 9 rings (SSSR count). The van der Waals surface area contributed by atoms with Gasteiger partial charge in [0.05, 0.1) is 0 Å². The lowest BCUT2D eigenvalue weighted by molar-refractivity contribution is 1.63. The maximum Gasteiger partial charge on any atom is -0.00255 e. The van der Waals surface area contributed by atoms with E-state index in [4.69, 9.17) is 0 Å². The second-order valence-corrected chi connectivity index (χ2v) is 11.8. The number of hydrogen-bond donors (Lipinski definition) is 0. The van der Waals surface area contributed by atoms with Crippen molar-refractivity contribution in [3.05, 3.63) is 170 Å². The first kappa shape index (κ1) is 24.8. The summed E-state index contributed by atoms with van der Waals surface area (Å²) in [6.45, 7) is 0. The van der Waals surface area contributed by atoms with Crippen LogP contribution in [0.4, 0.5) is 0 Å². The van der Waals surface area contributed by atoms with Crippen LogP contribution in [-0.2, 0) is 0 Å². The third kappa shape index (κ3) is 4.00. The first-order chi connectivity index (χ1) is 21.8. The molecule has 0 aromatic heterocycles. The quantitative estimate of drug-likeness (QED) is 0.149. The average Bonchev–Trinajstić information content (AvgIpc) is 3.11. The Balaban J connectivity index is 1.49. The van der Waals surface area contributed by atoms with Crippen molar-refractivity contribution in [3.63, 3.8) is 0 Å². The molecule has 44 heavy (non-hydrogen) atoms. The van der Waals surface area contributed by atoms with Gasteiger partial charge in [0.1, 0.15) is 0 Å². The van der Waals surface area contributed by atoms with Crippen LogP contribution in [-0.4, -0.2) is 0 Å². The molecular formula is C44H28. The fourth-order valence-corrected chi connectivity index (χ4v) is 7.07. The molecule has 0 radical (unpaired) electrons. The van der Waals surface area contributed by atoms with Gasteiger partial charge in [-0.2, -0.15) is 0 Å². The van der Waals surface area contributed by atoms with Crippen LogP contribution in [0, 0.1) is 0 Å². The number of rotatable bonds is 4. The van der Waals surface area contributed by atoms with Crippen molar-refractivity contribution in [1.29, 1.82) is 0 Å². The molecule has 0 amide bonds. The Morgan fingerprint density at radius 3 is 0.659 bits per heavy atom. The molecule has 0 heteroatoms. The van der Waals surface area contributed by atoms with Gasteiger partial charge in [0.2, 0.25) is 0 Å². The molecule has 9 aromatic rings. The van der Waals surface area contributed by atoms with E-state index in [0.29, 0.717) is 0 Å². The largest absolute Gasteiger partial charge is 0.0622 e. The van der Waals surface area contributed by atoms with E-state index < -0.39 is 0 Å². The highest BCUT2D eigenvalue weighted by Crippen LogP contribution is 2.46. The van der Waals surface area contributed by atoms with Crippen molar-refractivity contribution in [2.24, 2.45) is 0 Å². The molecule has 0 bridgehead atoms. The summed E-state index contributed by atoms with van der Waals surface area (Å²) in [6.07, 6.45) is 0. The standard InChI is InChI=1S/C44H28/c1-5-13-29(14-6-1)33-21-37-22-34(30-15-7-2-8-16-30)27-41-42-28-36(32-19-11-4-12-20-32)24-38-23-35(31-17-9-3-10-18-31)26-40(44(38)42)39(25-33)43(37)41/h1-28H. The fraction of sp³-hybridized carbons (Fsp3) is 0. The van der Waals surface area contributed by atoms with E-state index in [1.165, 1.54) is 87.6 Å². The normalized spacial score (nSPS) is 11.6. The summed E-state index contributed by atoms with van der Waals surface area (Å²) in [7, 11) is 0. The molecule has 9 aromatic carbocycles. The zero-order chi connectivity index (χ0) is 29.0. The van der Waals surface area contributed by atoms with Gasteiger partial charge in [-0.3, -0.25) is 0 Å². The van der Waals surface area contributed by atoms with Crippen LogP contribution in [0.25, 0.3) is 87.6 Å². The Labute approximate surface area is 256 Å². The predicted molar refractivity (Wildman–Crippen MR) is 189 cm³/mol. The van der Waals surface area contributed by atoms with Crippen molar-refractivity contribution < 1.29 is 0 Å². The molecule has 0 N–H and O–H groups in total. The van der Waals surface area contributed by atoms with Gasteiger partial charge < -0.3 is 0 Å². The van der Waals surface area contributed by atoms with Gasteiger partial charge in [-0.25, -0.2) is 0 Å². The van der Waals surface area contributed by atoms with Crippen LogP contribution in [0.1, 0.15) is 0 Å². The third-order valence-electron chi connectivity index (χ3n) is 9.11. The van der Waals surface area contributed by atoms with E-state index >= 15 is 0 Å². The van der Waals surface area contributed by atoms with Crippen LogP contribution < -0.4 is 0 Å². The topological polar surface area (TPSA) is 0 Å². The molecule has 0 saturated heterocycles. The van der Waals surface area contributed by atoms with Gasteiger partial charge in [-0.1, -0.05) is 121 Å². The molecule has 0 unspecified atom stereocenters. The first-order valence-electron chi connectivity index (χ1n) is 15.3. The maximum atomic E-state index is 2.42. The SMILES string of the molecule is c1ccc(-c2cc3cc(-c4ccccc4)cc4c5cc(-c6ccccc6)cc6cc(-c7ccccc7)cc(c(c2)c34)c65)cc1. The summed E-state index contributed by atoms with van der Waals surface area (Å²) in [5, 5.41) is 10.4. The minimum absolute atomic E-state index is 1.23. The van der Waals surface area contributed by atoms with Gasteiger partial charge in [0.15, 0.2) is 0 Å². The van der Waals surface area contributed by atoms with E-state index in [1.807, 2.05) is 0 Å². The zero-order valence-electron chi connectivity index (χ0n) is 24.2. The molecule has 0 atom stereocenters. The van der Waals surface area contributed by atoms with E-state index in [0.717, 1.165) is 0 Å². The van der Waals surface area contributed by atoms with Crippen LogP contribution in [0.15, 0.2) is 170 Å². The van der Waals surface area contributed by atoms with Gasteiger partial charge in [-0.05, 0) is 136 Å². The Morgan fingerprint density at radius 2 is 0.432 bits per heavy atom. The predicted octanol–water partition coefficient (Wildman–Crippen LogP) is 12.4. The van der Waals surface area contributed by atoms with Crippen LogP contribution in [0.5, 0.6) is 0 Å². The van der Waals surface area contributed by atoms with Crippen molar-refractivity contribution in [1.82, 2.24) is 0 Å². The van der Waals surface area contributed by atoms with Gasteiger partial charge in [-0.15, -0.1) is 0 Å². The van der Waals surface area contributed by atoms with Crippen molar-refractivity contribution in [2.45, 2.75) is 0 Å². The summed E-state index contributed by atoms with van der Waals surface area (Å²) < 4.78 is 0. The van der Waals surface area contributed by atoms with Crippen LogP contribution >= 0.6 is 0 Å². The minimum Gasteiger partial charge on any atom is -0.0622 e. The fourth-order valence-electron chi connectivity index (χ4n) is 7.07. The second kappa shape index (κ2) is 9.93. The molecule has 0 saturated carbocycles. The Hall–Kier alpha value is -5.72. The average molecular weight is 557 g/mol. The van der Waals surface area contributed by atoms with Gasteiger partial charge in [0.25, 0.3) is 0 Å². The highest BCUT2D eigenvalue weighted by atomic mass is 14.2. The molecule has 0 spiro atoms.